The highest BCUT2D eigenvalue weighted by Gasteiger charge is 2.24. The van der Waals surface area contributed by atoms with E-state index in [2.05, 4.69) is 31.6 Å². The number of aromatic nitrogens is 3. The summed E-state index contributed by atoms with van der Waals surface area (Å²) < 4.78 is 5.16. The number of aryl methyl sites for hydroxylation is 1. The quantitative estimate of drug-likeness (QED) is 0.587. The Hall–Kier alpha value is -3.52. The van der Waals surface area contributed by atoms with Crippen LogP contribution in [-0.2, 0) is 4.79 Å². The van der Waals surface area contributed by atoms with Crippen molar-refractivity contribution in [2.45, 2.75) is 25.7 Å². The molecular formula is C24H28N6O2. The fraction of sp³-hybridized carbons (Fsp3) is 0.333. The van der Waals surface area contributed by atoms with Crippen molar-refractivity contribution in [2.75, 3.05) is 37.4 Å². The number of hydrogen-bond donors (Lipinski definition) is 2. The molecule has 3 heterocycles. The van der Waals surface area contributed by atoms with Crippen molar-refractivity contribution in [1.82, 2.24) is 19.9 Å². The zero-order valence-corrected chi connectivity index (χ0v) is 18.4. The van der Waals surface area contributed by atoms with Gasteiger partial charge in [-0.1, -0.05) is 0 Å². The maximum atomic E-state index is 12.6. The number of amides is 1. The molecule has 0 radical (unpaired) electrons. The molecule has 3 aromatic rings. The number of anilines is 3. The smallest absolute Gasteiger partial charge is 0.238 e. The lowest BCUT2D eigenvalue weighted by molar-refractivity contribution is -0.117. The van der Waals surface area contributed by atoms with Gasteiger partial charge in [-0.15, -0.1) is 0 Å². The number of hydrogen-bond acceptors (Lipinski definition) is 7. The minimum atomic E-state index is -0.0157. The average Bonchev–Trinajstić information content (AvgIpc) is 2.80. The van der Waals surface area contributed by atoms with Gasteiger partial charge in [0, 0.05) is 47.6 Å². The summed E-state index contributed by atoms with van der Waals surface area (Å²) >= 11 is 0. The Balaban J connectivity index is 1.38. The van der Waals surface area contributed by atoms with Crippen LogP contribution in [0.5, 0.6) is 5.75 Å². The van der Waals surface area contributed by atoms with E-state index in [0.717, 1.165) is 54.4 Å². The lowest BCUT2D eigenvalue weighted by atomic mass is 9.93. The van der Waals surface area contributed by atoms with Crippen molar-refractivity contribution in [3.8, 4) is 5.75 Å². The predicted octanol–water partition coefficient (Wildman–Crippen LogP) is 3.75. The number of pyridine rings is 1. The summed E-state index contributed by atoms with van der Waals surface area (Å²) in [4.78, 5) is 27.9. The predicted molar refractivity (Wildman–Crippen MR) is 124 cm³/mol. The molecule has 1 atom stereocenters. The lowest BCUT2D eigenvalue weighted by Crippen LogP contribution is -2.40. The molecule has 1 aliphatic heterocycles. The number of rotatable bonds is 7. The van der Waals surface area contributed by atoms with E-state index in [0.29, 0.717) is 12.4 Å². The molecule has 2 N–H and O–H groups in total. The van der Waals surface area contributed by atoms with Gasteiger partial charge in [0.25, 0.3) is 0 Å². The number of carbonyl (C=O) groups is 1. The van der Waals surface area contributed by atoms with E-state index in [4.69, 9.17) is 9.72 Å². The second-order valence-electron chi connectivity index (χ2n) is 7.99. The van der Waals surface area contributed by atoms with E-state index in [-0.39, 0.29) is 11.8 Å². The van der Waals surface area contributed by atoms with Crippen LogP contribution in [0.2, 0.25) is 0 Å². The van der Waals surface area contributed by atoms with Crippen molar-refractivity contribution < 1.29 is 9.53 Å². The van der Waals surface area contributed by atoms with Crippen molar-refractivity contribution >= 4 is 23.1 Å². The molecule has 1 fully saturated rings. The number of benzene rings is 1. The van der Waals surface area contributed by atoms with Crippen molar-refractivity contribution in [2.24, 2.45) is 0 Å². The molecular weight excluding hydrogens is 404 g/mol. The van der Waals surface area contributed by atoms with E-state index in [1.165, 1.54) is 0 Å². The third-order valence-corrected chi connectivity index (χ3v) is 5.47. The molecule has 1 aliphatic rings. The standard InChI is InChI=1S/C24H28N6O2/c1-17-12-20(28-23-14-25-9-10-26-23)13-22(27-17)18-4-3-11-30(15-18)16-24(31)29-19-5-7-21(32-2)8-6-19/h5-10,12-14,18H,3-4,11,15-16H2,1-2H3,(H,29,31)(H,26,27,28)/t18-/m1/s1. The zero-order valence-electron chi connectivity index (χ0n) is 18.4. The number of methoxy groups -OCH3 is 1. The lowest BCUT2D eigenvalue weighted by Gasteiger charge is -2.32. The van der Waals surface area contributed by atoms with E-state index in [1.54, 1.807) is 25.7 Å². The number of ether oxygens (including phenoxy) is 1. The Morgan fingerprint density at radius 2 is 2.03 bits per heavy atom. The molecule has 0 spiro atoms. The number of carbonyl (C=O) groups excluding carboxylic acids is 1. The molecule has 0 saturated carbocycles. The summed E-state index contributed by atoms with van der Waals surface area (Å²) in [6, 6.07) is 11.4. The van der Waals surface area contributed by atoms with Crippen LogP contribution in [0, 0.1) is 6.92 Å². The minimum Gasteiger partial charge on any atom is -0.497 e. The summed E-state index contributed by atoms with van der Waals surface area (Å²) in [7, 11) is 1.62. The summed E-state index contributed by atoms with van der Waals surface area (Å²) in [6.45, 7) is 4.06. The van der Waals surface area contributed by atoms with E-state index in [1.807, 2.05) is 37.3 Å². The van der Waals surface area contributed by atoms with Crippen LogP contribution in [0.4, 0.5) is 17.2 Å². The zero-order chi connectivity index (χ0) is 22.3. The topological polar surface area (TPSA) is 92.3 Å². The van der Waals surface area contributed by atoms with E-state index >= 15 is 0 Å². The first kappa shape index (κ1) is 21.7. The van der Waals surface area contributed by atoms with Gasteiger partial charge >= 0.3 is 0 Å². The Kier molecular flexibility index (Phi) is 6.91. The van der Waals surface area contributed by atoms with Crippen LogP contribution in [0.15, 0.2) is 55.0 Å². The van der Waals surface area contributed by atoms with Gasteiger partial charge in [-0.25, -0.2) is 4.98 Å². The SMILES string of the molecule is COc1ccc(NC(=O)CN2CCC[C@@H](c3cc(Nc4cnccn4)cc(C)n3)C2)cc1. The first-order valence-corrected chi connectivity index (χ1v) is 10.8. The van der Waals surface area contributed by atoms with Crippen LogP contribution in [0.3, 0.4) is 0 Å². The van der Waals surface area contributed by atoms with Crippen LogP contribution < -0.4 is 15.4 Å². The van der Waals surface area contributed by atoms with Gasteiger partial charge in [0.2, 0.25) is 5.91 Å². The van der Waals surface area contributed by atoms with Gasteiger partial charge in [-0.3, -0.25) is 19.7 Å². The highest BCUT2D eigenvalue weighted by molar-refractivity contribution is 5.92. The monoisotopic (exact) mass is 432 g/mol. The fourth-order valence-electron chi connectivity index (χ4n) is 4.01. The van der Waals surface area contributed by atoms with E-state index < -0.39 is 0 Å². The minimum absolute atomic E-state index is 0.0157. The molecule has 4 rings (SSSR count). The normalized spacial score (nSPS) is 16.4. The molecule has 0 aliphatic carbocycles. The first-order valence-electron chi connectivity index (χ1n) is 10.8. The van der Waals surface area contributed by atoms with E-state index in [9.17, 15) is 4.79 Å². The number of nitrogens with one attached hydrogen (secondary N) is 2. The summed E-state index contributed by atoms with van der Waals surface area (Å²) in [6.07, 6.45) is 7.09. The Bertz CT molecular complexity index is 1040. The van der Waals surface area contributed by atoms with Gasteiger partial charge in [0.1, 0.15) is 11.6 Å². The Labute approximate surface area is 188 Å². The average molecular weight is 433 g/mol. The number of piperidine rings is 1. The van der Waals surface area contributed by atoms with Crippen LogP contribution in [0.1, 0.15) is 30.1 Å². The maximum absolute atomic E-state index is 12.6. The van der Waals surface area contributed by atoms with Crippen molar-refractivity contribution in [3.63, 3.8) is 0 Å². The van der Waals surface area contributed by atoms with Crippen LogP contribution >= 0.6 is 0 Å². The molecule has 8 heteroatoms. The largest absolute Gasteiger partial charge is 0.497 e. The number of likely N-dealkylation sites (tertiary alicyclic amines) is 1. The van der Waals surface area contributed by atoms with Gasteiger partial charge in [-0.05, 0) is 62.7 Å². The highest BCUT2D eigenvalue weighted by Crippen LogP contribution is 2.28. The maximum Gasteiger partial charge on any atom is 0.238 e. The Morgan fingerprint density at radius 3 is 2.78 bits per heavy atom. The van der Waals surface area contributed by atoms with Crippen molar-refractivity contribution in [1.29, 1.82) is 0 Å². The summed E-state index contributed by atoms with van der Waals surface area (Å²) in [5.74, 6) is 1.73. The van der Waals surface area contributed by atoms with Gasteiger partial charge in [0.05, 0.1) is 19.9 Å². The van der Waals surface area contributed by atoms with Crippen LogP contribution in [-0.4, -0.2) is 52.5 Å². The molecule has 8 nitrogen and oxygen atoms in total. The number of nitrogens with zero attached hydrogens (tertiary/aromatic N) is 4. The molecule has 166 valence electrons. The van der Waals surface area contributed by atoms with Gasteiger partial charge in [-0.2, -0.15) is 0 Å². The molecule has 1 saturated heterocycles. The molecule has 1 amide bonds. The highest BCUT2D eigenvalue weighted by atomic mass is 16.5. The van der Waals surface area contributed by atoms with Gasteiger partial charge in [0.15, 0.2) is 0 Å². The molecule has 32 heavy (non-hydrogen) atoms. The summed E-state index contributed by atoms with van der Waals surface area (Å²) in [5, 5.41) is 6.27. The summed E-state index contributed by atoms with van der Waals surface area (Å²) in [5.41, 5.74) is 3.70. The first-order chi connectivity index (χ1) is 15.6. The van der Waals surface area contributed by atoms with Crippen LogP contribution in [0.25, 0.3) is 0 Å². The molecule has 0 unspecified atom stereocenters. The Morgan fingerprint density at radius 1 is 1.19 bits per heavy atom. The third kappa shape index (κ3) is 5.79. The van der Waals surface area contributed by atoms with Crippen molar-refractivity contribution in [3.05, 3.63) is 66.4 Å². The third-order valence-electron chi connectivity index (χ3n) is 5.47. The fourth-order valence-corrected chi connectivity index (χ4v) is 4.01. The second kappa shape index (κ2) is 10.2. The molecule has 1 aromatic carbocycles. The molecule has 0 bridgehead atoms. The second-order valence-corrected chi connectivity index (χ2v) is 7.99. The van der Waals surface area contributed by atoms with Gasteiger partial charge < -0.3 is 15.4 Å². The molecule has 2 aromatic heterocycles.